The van der Waals surface area contributed by atoms with Gasteiger partial charge in [-0.25, -0.2) is 0 Å². The van der Waals surface area contributed by atoms with Crippen LogP contribution < -0.4 is 4.74 Å². The minimum atomic E-state index is -0.0524. The highest BCUT2D eigenvalue weighted by atomic mass is 16.5. The molecule has 2 rings (SSSR count). The molecular formula is C14H20O2. The van der Waals surface area contributed by atoms with Crippen LogP contribution in [0.2, 0.25) is 0 Å². The first kappa shape index (κ1) is 11.3. The Morgan fingerprint density at radius 3 is 2.62 bits per heavy atom. The Labute approximate surface area is 97.3 Å². The van der Waals surface area contributed by atoms with Crippen LogP contribution in [0.3, 0.4) is 0 Å². The van der Waals surface area contributed by atoms with Crippen molar-refractivity contribution in [1.29, 1.82) is 0 Å². The molecular weight excluding hydrogens is 200 g/mol. The zero-order chi connectivity index (χ0) is 11.9. The first-order valence-corrected chi connectivity index (χ1v) is 5.91. The second-order valence-electron chi connectivity index (χ2n) is 5.69. The highest BCUT2D eigenvalue weighted by Crippen LogP contribution is 2.38. The van der Waals surface area contributed by atoms with Crippen LogP contribution in [0.25, 0.3) is 0 Å². The van der Waals surface area contributed by atoms with Crippen LogP contribution in [-0.2, 0) is 11.8 Å². The molecule has 2 nitrogen and oxygen atoms in total. The number of aromatic hydroxyl groups is 1. The number of hydrogen-bond acceptors (Lipinski definition) is 2. The lowest BCUT2D eigenvalue weighted by Gasteiger charge is -2.27. The molecule has 88 valence electrons. The summed E-state index contributed by atoms with van der Waals surface area (Å²) in [7, 11) is 0. The Morgan fingerprint density at radius 2 is 2.00 bits per heavy atom. The van der Waals surface area contributed by atoms with Crippen molar-refractivity contribution in [2.45, 2.75) is 52.1 Å². The summed E-state index contributed by atoms with van der Waals surface area (Å²) in [6, 6.07) is 3.86. The Morgan fingerprint density at radius 1 is 1.31 bits per heavy atom. The molecule has 0 bridgehead atoms. The van der Waals surface area contributed by atoms with Crippen molar-refractivity contribution in [3.05, 3.63) is 23.3 Å². The summed E-state index contributed by atoms with van der Waals surface area (Å²) in [5.74, 6) is 1.34. The zero-order valence-corrected chi connectivity index (χ0v) is 10.5. The average molecular weight is 220 g/mol. The van der Waals surface area contributed by atoms with Gasteiger partial charge < -0.3 is 9.84 Å². The molecule has 2 heteroatoms. The summed E-state index contributed by atoms with van der Waals surface area (Å²) in [6.45, 7) is 8.38. The second-order valence-corrected chi connectivity index (χ2v) is 5.69. The van der Waals surface area contributed by atoms with Crippen LogP contribution in [0, 0.1) is 0 Å². The lowest BCUT2D eigenvalue weighted by atomic mass is 9.84. The molecule has 0 saturated carbocycles. The van der Waals surface area contributed by atoms with Gasteiger partial charge in [-0.05, 0) is 42.9 Å². The van der Waals surface area contributed by atoms with Gasteiger partial charge in [0.05, 0.1) is 6.10 Å². The lowest BCUT2D eigenvalue weighted by Crippen LogP contribution is -2.20. The number of hydrogen-bond donors (Lipinski definition) is 1. The van der Waals surface area contributed by atoms with Crippen molar-refractivity contribution in [3.8, 4) is 11.5 Å². The van der Waals surface area contributed by atoms with E-state index in [0.717, 1.165) is 29.7 Å². The smallest absolute Gasteiger partial charge is 0.123 e. The topological polar surface area (TPSA) is 29.5 Å². The van der Waals surface area contributed by atoms with Gasteiger partial charge >= 0.3 is 0 Å². The van der Waals surface area contributed by atoms with Gasteiger partial charge in [0.15, 0.2) is 0 Å². The minimum absolute atomic E-state index is 0.0524. The fourth-order valence-corrected chi connectivity index (χ4v) is 2.15. The van der Waals surface area contributed by atoms with Crippen molar-refractivity contribution in [1.82, 2.24) is 0 Å². The Balaban J connectivity index is 2.47. The third kappa shape index (κ3) is 2.01. The second kappa shape index (κ2) is 3.69. The first-order valence-electron chi connectivity index (χ1n) is 5.91. The molecule has 0 aliphatic carbocycles. The van der Waals surface area contributed by atoms with Crippen LogP contribution in [0.5, 0.6) is 11.5 Å². The number of phenols is 1. The van der Waals surface area contributed by atoms with Gasteiger partial charge in [0, 0.05) is 5.56 Å². The molecule has 1 aromatic rings. The lowest BCUT2D eigenvalue weighted by molar-refractivity contribution is 0.191. The van der Waals surface area contributed by atoms with E-state index < -0.39 is 0 Å². The first-order chi connectivity index (χ1) is 7.38. The van der Waals surface area contributed by atoms with Crippen LogP contribution in [0.15, 0.2) is 12.1 Å². The predicted molar refractivity (Wildman–Crippen MR) is 65.2 cm³/mol. The molecule has 0 amide bonds. The van der Waals surface area contributed by atoms with Crippen LogP contribution in [-0.4, -0.2) is 11.2 Å². The van der Waals surface area contributed by atoms with Gasteiger partial charge in [-0.3, -0.25) is 0 Å². The summed E-state index contributed by atoms with van der Waals surface area (Å²) in [6.07, 6.45) is 2.31. The maximum Gasteiger partial charge on any atom is 0.123 e. The number of fused-ring (bicyclic) bond motifs is 1. The van der Waals surface area contributed by atoms with Gasteiger partial charge in [0.1, 0.15) is 11.5 Å². The molecule has 0 saturated heterocycles. The molecule has 1 aromatic carbocycles. The molecule has 0 fully saturated rings. The molecule has 16 heavy (non-hydrogen) atoms. The van der Waals surface area contributed by atoms with Crippen molar-refractivity contribution >= 4 is 0 Å². The number of rotatable bonds is 0. The monoisotopic (exact) mass is 220 g/mol. The van der Waals surface area contributed by atoms with Crippen molar-refractivity contribution in [2.24, 2.45) is 0 Å². The van der Waals surface area contributed by atoms with E-state index in [9.17, 15) is 5.11 Å². The van der Waals surface area contributed by atoms with Crippen LogP contribution >= 0.6 is 0 Å². The SMILES string of the molecule is CC1CCc2cc(O)c(C(C)(C)C)cc2O1. The summed E-state index contributed by atoms with van der Waals surface area (Å²) in [5, 5.41) is 10.0. The Kier molecular flexibility index (Phi) is 2.61. The predicted octanol–water partition coefficient (Wildman–Crippen LogP) is 3.40. The summed E-state index contributed by atoms with van der Waals surface area (Å²) < 4.78 is 5.81. The highest BCUT2D eigenvalue weighted by Gasteiger charge is 2.23. The molecule has 0 spiro atoms. The maximum atomic E-state index is 10.0. The zero-order valence-electron chi connectivity index (χ0n) is 10.5. The van der Waals surface area contributed by atoms with E-state index in [2.05, 4.69) is 27.7 Å². The van der Waals surface area contributed by atoms with Crippen LogP contribution in [0.4, 0.5) is 0 Å². The minimum Gasteiger partial charge on any atom is -0.508 e. The third-order valence-corrected chi connectivity index (χ3v) is 3.14. The van der Waals surface area contributed by atoms with Gasteiger partial charge in [-0.2, -0.15) is 0 Å². The summed E-state index contributed by atoms with van der Waals surface area (Å²) in [5.41, 5.74) is 2.03. The molecule has 1 N–H and O–H groups in total. The number of aryl methyl sites for hydroxylation is 1. The van der Waals surface area contributed by atoms with Gasteiger partial charge in [0.2, 0.25) is 0 Å². The van der Waals surface area contributed by atoms with Crippen molar-refractivity contribution in [2.75, 3.05) is 0 Å². The van der Waals surface area contributed by atoms with Crippen molar-refractivity contribution in [3.63, 3.8) is 0 Å². The average Bonchev–Trinajstić information content (AvgIpc) is 2.16. The van der Waals surface area contributed by atoms with Gasteiger partial charge in [-0.15, -0.1) is 0 Å². The van der Waals surface area contributed by atoms with E-state index in [1.807, 2.05) is 12.1 Å². The molecule has 1 heterocycles. The Bertz CT molecular complexity index is 402. The quantitative estimate of drug-likeness (QED) is 0.726. The van der Waals surface area contributed by atoms with E-state index in [4.69, 9.17) is 4.74 Å². The molecule has 0 radical (unpaired) electrons. The van der Waals surface area contributed by atoms with E-state index in [-0.39, 0.29) is 11.5 Å². The summed E-state index contributed by atoms with van der Waals surface area (Å²) in [4.78, 5) is 0. The normalized spacial score (nSPS) is 20.1. The molecule has 1 aliphatic heterocycles. The molecule has 1 atom stereocenters. The van der Waals surface area contributed by atoms with Crippen molar-refractivity contribution < 1.29 is 9.84 Å². The standard InChI is InChI=1S/C14H20O2/c1-9-5-6-10-7-12(15)11(14(2,3)4)8-13(10)16-9/h7-9,15H,5-6H2,1-4H3. The van der Waals surface area contributed by atoms with E-state index in [1.54, 1.807) is 0 Å². The summed E-state index contributed by atoms with van der Waals surface area (Å²) >= 11 is 0. The van der Waals surface area contributed by atoms with Gasteiger partial charge in [-0.1, -0.05) is 20.8 Å². The fraction of sp³-hybridized carbons (Fsp3) is 0.571. The number of phenolic OH excluding ortho intramolecular Hbond substituents is 1. The number of ether oxygens (including phenoxy) is 1. The highest BCUT2D eigenvalue weighted by molar-refractivity contribution is 5.49. The van der Waals surface area contributed by atoms with Gasteiger partial charge in [0.25, 0.3) is 0 Å². The van der Waals surface area contributed by atoms with E-state index in [1.165, 1.54) is 0 Å². The number of benzene rings is 1. The Hall–Kier alpha value is -1.18. The molecule has 0 aromatic heterocycles. The van der Waals surface area contributed by atoms with E-state index in [0.29, 0.717) is 5.75 Å². The van der Waals surface area contributed by atoms with Crippen LogP contribution in [0.1, 0.15) is 45.2 Å². The maximum absolute atomic E-state index is 10.0. The largest absolute Gasteiger partial charge is 0.508 e. The molecule has 1 aliphatic rings. The van der Waals surface area contributed by atoms with E-state index >= 15 is 0 Å². The fourth-order valence-electron chi connectivity index (χ4n) is 2.15. The molecule has 1 unspecified atom stereocenters. The third-order valence-electron chi connectivity index (χ3n) is 3.14.